The smallest absolute Gasteiger partial charge is 0.284 e. The number of halogens is 4. The Morgan fingerprint density at radius 3 is 2.30 bits per heavy atom. The summed E-state index contributed by atoms with van der Waals surface area (Å²) in [7, 11) is -2.44. The van der Waals surface area contributed by atoms with Crippen molar-refractivity contribution in [3.05, 3.63) is 97.6 Å². The molecule has 0 bridgehead atoms. The van der Waals surface area contributed by atoms with Gasteiger partial charge in [0.05, 0.1) is 21.3 Å². The molecule has 1 aliphatic carbocycles. The number of hydrogen-bond donors (Lipinski definition) is 1. The zero-order valence-electron chi connectivity index (χ0n) is 19.5. The van der Waals surface area contributed by atoms with Crippen molar-refractivity contribution in [2.45, 2.75) is 24.2 Å². The molecule has 0 saturated heterocycles. The molecule has 1 N–H and O–H groups in total. The molecular weight excluding hydrogens is 574 g/mol. The monoisotopic (exact) mass is 592 g/mol. The third-order valence-electron chi connectivity index (χ3n) is 6.10. The maximum atomic E-state index is 13.2. The number of nitrogens with one attached hydrogen (secondary N) is 1. The van der Waals surface area contributed by atoms with E-state index in [4.69, 9.17) is 51.5 Å². The molecule has 0 fully saturated rings. The van der Waals surface area contributed by atoms with Gasteiger partial charge in [-0.05, 0) is 79.4 Å². The van der Waals surface area contributed by atoms with Gasteiger partial charge in [0.25, 0.3) is 10.0 Å². The third kappa shape index (κ3) is 5.11. The van der Waals surface area contributed by atoms with E-state index >= 15 is 0 Å². The zero-order chi connectivity index (χ0) is 26.3. The number of fused-ring (bicyclic) bond motifs is 3. The fourth-order valence-corrected chi connectivity index (χ4v) is 6.24. The second-order valence-corrected chi connectivity index (χ2v) is 11.8. The van der Waals surface area contributed by atoms with Crippen molar-refractivity contribution >= 4 is 62.3 Å². The van der Waals surface area contributed by atoms with Crippen LogP contribution in [-0.2, 0) is 22.9 Å². The summed E-state index contributed by atoms with van der Waals surface area (Å²) in [5.74, 6) is 0.118. The molecule has 0 aliphatic heterocycles. The number of aryl methyl sites for hydroxylation is 1. The van der Waals surface area contributed by atoms with Crippen molar-refractivity contribution in [3.63, 3.8) is 0 Å². The van der Waals surface area contributed by atoms with Crippen LogP contribution >= 0.6 is 46.4 Å². The van der Waals surface area contributed by atoms with Gasteiger partial charge in [0, 0.05) is 33.2 Å². The van der Waals surface area contributed by atoms with Crippen LogP contribution in [0.25, 0.3) is 16.9 Å². The van der Waals surface area contributed by atoms with Crippen LogP contribution in [-0.4, -0.2) is 31.1 Å². The standard InChI is InChI=1S/C26H20Cl4N4O2S/c1-31-26(33-37(35,36)19-9-5-16(27)6-10-19)24-21-4-2-3-15-13-17(28)7-11-20(15)25(21)34(32-24)23-12-8-18(29)14-22(23)30/h5-14H,2-4H2,1H3,(H,31,33). The predicted octanol–water partition coefficient (Wildman–Crippen LogP) is 7.00. The van der Waals surface area contributed by atoms with Gasteiger partial charge in [-0.3, -0.25) is 0 Å². The SMILES string of the molecule is CNC(=NS(=O)(=O)c1ccc(Cl)cc1)c1nn(-c2ccc(Cl)cc2Cl)c2c1CCCc1cc(Cl)ccc1-2. The lowest BCUT2D eigenvalue weighted by atomic mass is 10.0. The summed E-state index contributed by atoms with van der Waals surface area (Å²) >= 11 is 25.0. The van der Waals surface area contributed by atoms with Gasteiger partial charge in [-0.1, -0.05) is 52.5 Å². The maximum absolute atomic E-state index is 13.2. The first kappa shape index (κ1) is 26.1. The van der Waals surface area contributed by atoms with Gasteiger partial charge in [-0.25, -0.2) is 4.68 Å². The highest BCUT2D eigenvalue weighted by atomic mass is 35.5. The molecule has 0 unspecified atom stereocenters. The Hall–Kier alpha value is -2.55. The van der Waals surface area contributed by atoms with Crippen LogP contribution in [0.5, 0.6) is 0 Å². The molecule has 0 spiro atoms. The Kier molecular flexibility index (Phi) is 7.27. The van der Waals surface area contributed by atoms with Crippen LogP contribution in [0.3, 0.4) is 0 Å². The molecule has 1 aliphatic rings. The fourth-order valence-electron chi connectivity index (χ4n) is 4.42. The van der Waals surface area contributed by atoms with Crippen LogP contribution in [0.15, 0.2) is 70.0 Å². The van der Waals surface area contributed by atoms with Crippen LogP contribution in [0.4, 0.5) is 0 Å². The second kappa shape index (κ2) is 10.3. The summed E-state index contributed by atoms with van der Waals surface area (Å²) in [4.78, 5) is 0.0240. The molecule has 37 heavy (non-hydrogen) atoms. The molecule has 0 radical (unpaired) electrons. The Morgan fingerprint density at radius 2 is 1.59 bits per heavy atom. The maximum Gasteiger partial charge on any atom is 0.284 e. The molecule has 0 atom stereocenters. The average molecular weight is 594 g/mol. The number of nitrogens with zero attached hydrogens (tertiary/aromatic N) is 3. The summed E-state index contributed by atoms with van der Waals surface area (Å²) in [5, 5.41) is 9.77. The summed E-state index contributed by atoms with van der Waals surface area (Å²) in [6.07, 6.45) is 2.26. The van der Waals surface area contributed by atoms with Gasteiger partial charge in [-0.15, -0.1) is 4.40 Å². The van der Waals surface area contributed by atoms with Crippen LogP contribution in [0.1, 0.15) is 23.2 Å². The molecule has 3 aromatic carbocycles. The van der Waals surface area contributed by atoms with E-state index in [1.54, 1.807) is 29.9 Å². The highest BCUT2D eigenvalue weighted by Gasteiger charge is 2.28. The first-order valence-electron chi connectivity index (χ1n) is 11.3. The number of amidine groups is 1. The summed E-state index contributed by atoms with van der Waals surface area (Å²) in [5.41, 5.74) is 4.69. The van der Waals surface area contributed by atoms with Gasteiger partial charge >= 0.3 is 0 Å². The lowest BCUT2D eigenvalue weighted by molar-refractivity contribution is 0.598. The number of hydrogen-bond acceptors (Lipinski definition) is 3. The van der Waals surface area contributed by atoms with E-state index in [0.717, 1.165) is 35.2 Å². The van der Waals surface area contributed by atoms with E-state index in [1.807, 2.05) is 18.2 Å². The molecule has 5 rings (SSSR count). The van der Waals surface area contributed by atoms with Crippen molar-refractivity contribution < 1.29 is 8.42 Å². The largest absolute Gasteiger partial charge is 0.371 e. The van der Waals surface area contributed by atoms with E-state index in [9.17, 15) is 8.42 Å². The van der Waals surface area contributed by atoms with E-state index in [-0.39, 0.29) is 10.7 Å². The van der Waals surface area contributed by atoms with E-state index in [0.29, 0.717) is 37.9 Å². The van der Waals surface area contributed by atoms with Gasteiger partial charge in [0.15, 0.2) is 5.84 Å². The lowest BCUT2D eigenvalue weighted by Crippen LogP contribution is -2.23. The van der Waals surface area contributed by atoms with Crippen molar-refractivity contribution in [2.24, 2.45) is 4.40 Å². The van der Waals surface area contributed by atoms with Gasteiger partial charge < -0.3 is 5.32 Å². The Balaban J connectivity index is 1.77. The van der Waals surface area contributed by atoms with Gasteiger partial charge in [0.2, 0.25) is 0 Å². The highest BCUT2D eigenvalue weighted by Crippen LogP contribution is 2.39. The van der Waals surface area contributed by atoms with Crippen LogP contribution in [0, 0.1) is 0 Å². The van der Waals surface area contributed by atoms with Crippen molar-refractivity contribution in [1.29, 1.82) is 0 Å². The minimum atomic E-state index is -4.05. The van der Waals surface area contributed by atoms with Gasteiger partial charge in [0.1, 0.15) is 5.69 Å². The summed E-state index contributed by atoms with van der Waals surface area (Å²) in [6, 6.07) is 16.7. The number of sulfonamides is 1. The number of rotatable bonds is 4. The molecule has 0 saturated carbocycles. The third-order valence-corrected chi connectivity index (χ3v) is 8.42. The van der Waals surface area contributed by atoms with Crippen LogP contribution in [0.2, 0.25) is 20.1 Å². The quantitative estimate of drug-likeness (QED) is 0.204. The molecule has 11 heteroatoms. The molecule has 1 heterocycles. The molecule has 1 aromatic heterocycles. The summed E-state index contributed by atoms with van der Waals surface area (Å²) < 4.78 is 32.2. The Bertz CT molecular complexity index is 1650. The summed E-state index contributed by atoms with van der Waals surface area (Å²) in [6.45, 7) is 0. The predicted molar refractivity (Wildman–Crippen MR) is 150 cm³/mol. The first-order chi connectivity index (χ1) is 17.7. The lowest BCUT2D eigenvalue weighted by Gasteiger charge is -2.13. The van der Waals surface area contributed by atoms with E-state index < -0.39 is 10.0 Å². The Labute approximate surface area is 234 Å². The zero-order valence-corrected chi connectivity index (χ0v) is 23.3. The van der Waals surface area contributed by atoms with E-state index in [2.05, 4.69) is 9.71 Å². The Morgan fingerprint density at radius 1 is 0.919 bits per heavy atom. The second-order valence-electron chi connectivity index (χ2n) is 8.46. The topological polar surface area (TPSA) is 76.3 Å². The number of benzene rings is 3. The highest BCUT2D eigenvalue weighted by molar-refractivity contribution is 7.90. The first-order valence-corrected chi connectivity index (χ1v) is 14.3. The van der Waals surface area contributed by atoms with E-state index in [1.165, 1.54) is 24.3 Å². The normalized spacial score (nSPS) is 13.6. The van der Waals surface area contributed by atoms with Crippen molar-refractivity contribution in [1.82, 2.24) is 15.1 Å². The molecule has 0 amide bonds. The van der Waals surface area contributed by atoms with Crippen molar-refractivity contribution in [2.75, 3.05) is 7.05 Å². The minimum Gasteiger partial charge on any atom is -0.371 e. The number of aromatic nitrogens is 2. The molecular formula is C26H20Cl4N4O2S. The molecule has 6 nitrogen and oxygen atoms in total. The fraction of sp³-hybridized carbons (Fsp3) is 0.154. The average Bonchev–Trinajstić information content (AvgIpc) is 3.11. The molecule has 190 valence electrons. The minimum absolute atomic E-state index is 0.0240. The van der Waals surface area contributed by atoms with Crippen LogP contribution < -0.4 is 5.32 Å². The molecule has 4 aromatic rings. The van der Waals surface area contributed by atoms with Crippen molar-refractivity contribution in [3.8, 4) is 16.9 Å². The van der Waals surface area contributed by atoms with Gasteiger partial charge in [-0.2, -0.15) is 13.5 Å².